The molecule has 39 heavy (non-hydrogen) atoms. The lowest BCUT2D eigenvalue weighted by Crippen LogP contribution is -2.26. The fourth-order valence-electron chi connectivity index (χ4n) is 5.54. The molecule has 0 fully saturated rings. The number of fused-ring (bicyclic) bond motifs is 1. The summed E-state index contributed by atoms with van der Waals surface area (Å²) in [5, 5.41) is 0. The van der Waals surface area contributed by atoms with E-state index in [0.717, 1.165) is 43.4 Å². The standard InChI is InChI=1S/C32H33F3N2O2/c1-36(22-25-18-21-37-28(25)16-17-29(37)31(38)24-10-6-3-7-11-24)20-19-30(23-8-4-2-5-9-23)39-27-14-12-26(13-15-27)32(33,34)35/h2-12,14,16-17,25,30H,13,15,18-22H2,1H3. The SMILES string of the molecule is CN(CCC(OC1=CC=C(C(F)(F)F)CC1)c1ccccc1)CC1CCn2c(C(=O)c3ccccc3)ccc21. The number of likely N-dealkylation sites (N-methyl/N-ethyl adjacent to an activating group) is 1. The van der Waals surface area contributed by atoms with Gasteiger partial charge in [-0.1, -0.05) is 66.7 Å². The van der Waals surface area contributed by atoms with Gasteiger partial charge < -0.3 is 14.2 Å². The maximum Gasteiger partial charge on any atom is 0.412 e. The summed E-state index contributed by atoms with van der Waals surface area (Å²) in [5.74, 6) is 0.965. The predicted molar refractivity (Wildman–Crippen MR) is 146 cm³/mol. The van der Waals surface area contributed by atoms with Gasteiger partial charge in [-0.05, 0) is 43.7 Å². The van der Waals surface area contributed by atoms with Gasteiger partial charge in [-0.3, -0.25) is 4.79 Å². The summed E-state index contributed by atoms with van der Waals surface area (Å²) in [6.07, 6.45) is -0.0666. The number of halogens is 3. The number of nitrogens with zero attached hydrogens (tertiary/aromatic N) is 2. The number of rotatable bonds is 10. The number of carbonyl (C=O) groups excluding carboxylic acids is 1. The Morgan fingerprint density at radius 2 is 1.72 bits per heavy atom. The molecule has 204 valence electrons. The minimum Gasteiger partial charge on any atom is -0.490 e. The van der Waals surface area contributed by atoms with E-state index < -0.39 is 11.7 Å². The topological polar surface area (TPSA) is 34.5 Å². The van der Waals surface area contributed by atoms with Crippen LogP contribution in [0, 0.1) is 0 Å². The van der Waals surface area contributed by atoms with Crippen LogP contribution in [0.15, 0.2) is 96.3 Å². The van der Waals surface area contributed by atoms with Gasteiger partial charge >= 0.3 is 6.18 Å². The van der Waals surface area contributed by atoms with Crippen LogP contribution >= 0.6 is 0 Å². The Morgan fingerprint density at radius 3 is 2.38 bits per heavy atom. The molecule has 2 atom stereocenters. The first-order chi connectivity index (χ1) is 18.8. The van der Waals surface area contributed by atoms with Gasteiger partial charge in [0.15, 0.2) is 0 Å². The maximum absolute atomic E-state index is 13.0. The number of benzene rings is 2. The molecule has 0 N–H and O–H groups in total. The number of carbonyl (C=O) groups is 1. The van der Waals surface area contributed by atoms with E-state index in [1.165, 1.54) is 11.8 Å². The van der Waals surface area contributed by atoms with Crippen molar-refractivity contribution in [2.75, 3.05) is 20.1 Å². The van der Waals surface area contributed by atoms with E-state index in [9.17, 15) is 18.0 Å². The van der Waals surface area contributed by atoms with Crippen molar-refractivity contribution < 1.29 is 22.7 Å². The first kappa shape index (κ1) is 27.0. The van der Waals surface area contributed by atoms with Crippen LogP contribution in [0.5, 0.6) is 0 Å². The molecule has 1 aliphatic carbocycles. The maximum atomic E-state index is 13.0. The zero-order valence-electron chi connectivity index (χ0n) is 22.0. The molecular formula is C32H33F3N2O2. The van der Waals surface area contributed by atoms with Crippen LogP contribution in [0.1, 0.15) is 65.0 Å². The molecule has 7 heteroatoms. The van der Waals surface area contributed by atoms with E-state index >= 15 is 0 Å². The Bertz CT molecular complexity index is 1340. The summed E-state index contributed by atoms with van der Waals surface area (Å²) in [6.45, 7) is 2.44. The number of aromatic nitrogens is 1. The second kappa shape index (κ2) is 11.7. The Labute approximate surface area is 227 Å². The third-order valence-corrected chi connectivity index (χ3v) is 7.65. The number of ketones is 1. The lowest BCUT2D eigenvalue weighted by molar-refractivity contribution is -0.0945. The van der Waals surface area contributed by atoms with Gasteiger partial charge in [0, 0.05) is 55.2 Å². The number of alkyl halides is 3. The lowest BCUT2D eigenvalue weighted by Gasteiger charge is -2.27. The summed E-state index contributed by atoms with van der Waals surface area (Å²) in [4.78, 5) is 15.3. The summed E-state index contributed by atoms with van der Waals surface area (Å²) in [6, 6.07) is 23.2. The summed E-state index contributed by atoms with van der Waals surface area (Å²) >= 11 is 0. The van der Waals surface area contributed by atoms with Gasteiger partial charge in [0.25, 0.3) is 0 Å². The molecular weight excluding hydrogens is 501 g/mol. The van der Waals surface area contributed by atoms with Crippen LogP contribution in [-0.4, -0.2) is 41.6 Å². The fourth-order valence-corrected chi connectivity index (χ4v) is 5.54. The summed E-state index contributed by atoms with van der Waals surface area (Å²) in [7, 11) is 2.09. The molecule has 2 unspecified atom stereocenters. The number of allylic oxidation sites excluding steroid dienone is 4. The molecule has 4 nitrogen and oxygen atoms in total. The molecule has 3 aromatic rings. The molecule has 0 bridgehead atoms. The second-order valence-electron chi connectivity index (χ2n) is 10.4. The minimum atomic E-state index is -4.29. The Morgan fingerprint density at radius 1 is 1.00 bits per heavy atom. The average molecular weight is 535 g/mol. The Balaban J connectivity index is 1.22. The number of hydrogen-bond acceptors (Lipinski definition) is 3. The molecule has 2 aliphatic rings. The van der Waals surface area contributed by atoms with Crippen molar-refractivity contribution in [2.45, 2.75) is 50.4 Å². The van der Waals surface area contributed by atoms with E-state index in [4.69, 9.17) is 4.74 Å². The van der Waals surface area contributed by atoms with Crippen molar-refractivity contribution in [3.63, 3.8) is 0 Å². The number of hydrogen-bond donors (Lipinski definition) is 0. The molecule has 0 amide bonds. The third kappa shape index (κ3) is 6.36. The highest BCUT2D eigenvalue weighted by atomic mass is 19.4. The highest BCUT2D eigenvalue weighted by Crippen LogP contribution is 2.36. The van der Waals surface area contributed by atoms with Crippen LogP contribution < -0.4 is 0 Å². The number of ether oxygens (including phenoxy) is 1. The van der Waals surface area contributed by atoms with Crippen molar-refractivity contribution in [1.82, 2.24) is 9.47 Å². The van der Waals surface area contributed by atoms with Crippen LogP contribution in [0.2, 0.25) is 0 Å². The summed E-state index contributed by atoms with van der Waals surface area (Å²) < 4.78 is 47.5. The molecule has 0 spiro atoms. The van der Waals surface area contributed by atoms with Gasteiger partial charge in [-0.25, -0.2) is 0 Å². The smallest absolute Gasteiger partial charge is 0.412 e. The van der Waals surface area contributed by atoms with Crippen LogP contribution in [0.3, 0.4) is 0 Å². The quantitative estimate of drug-likeness (QED) is 0.253. The van der Waals surface area contributed by atoms with Gasteiger partial charge in [0.1, 0.15) is 6.10 Å². The Hall–Kier alpha value is -3.58. The Kier molecular flexibility index (Phi) is 8.07. The van der Waals surface area contributed by atoms with Crippen molar-refractivity contribution in [3.05, 3.63) is 119 Å². The molecule has 2 aromatic carbocycles. The van der Waals surface area contributed by atoms with Crippen molar-refractivity contribution in [1.29, 1.82) is 0 Å². The van der Waals surface area contributed by atoms with E-state index in [0.29, 0.717) is 23.7 Å². The largest absolute Gasteiger partial charge is 0.490 e. The zero-order valence-corrected chi connectivity index (χ0v) is 22.0. The normalized spacial score (nSPS) is 17.9. The second-order valence-corrected chi connectivity index (χ2v) is 10.4. The highest BCUT2D eigenvalue weighted by Gasteiger charge is 2.34. The third-order valence-electron chi connectivity index (χ3n) is 7.65. The molecule has 0 radical (unpaired) electrons. The minimum absolute atomic E-state index is 0.0490. The first-order valence-corrected chi connectivity index (χ1v) is 13.5. The zero-order chi connectivity index (χ0) is 27.4. The molecule has 0 saturated carbocycles. The van der Waals surface area contributed by atoms with Crippen LogP contribution in [-0.2, 0) is 11.3 Å². The monoisotopic (exact) mass is 534 g/mol. The van der Waals surface area contributed by atoms with Crippen molar-refractivity contribution >= 4 is 5.78 Å². The lowest BCUT2D eigenvalue weighted by atomic mass is 10.0. The molecule has 1 aromatic heterocycles. The van der Waals surface area contributed by atoms with Gasteiger partial charge in [-0.2, -0.15) is 13.2 Å². The first-order valence-electron chi connectivity index (χ1n) is 13.5. The van der Waals surface area contributed by atoms with Crippen molar-refractivity contribution in [2.24, 2.45) is 0 Å². The molecule has 0 saturated heterocycles. The van der Waals surface area contributed by atoms with Gasteiger partial charge in [0.2, 0.25) is 5.78 Å². The van der Waals surface area contributed by atoms with Gasteiger partial charge in [-0.15, -0.1) is 0 Å². The average Bonchev–Trinajstić information content (AvgIpc) is 3.54. The van der Waals surface area contributed by atoms with Crippen LogP contribution in [0.4, 0.5) is 13.2 Å². The highest BCUT2D eigenvalue weighted by molar-refractivity contribution is 6.08. The molecule has 1 aliphatic heterocycles. The van der Waals surface area contributed by atoms with E-state index in [1.807, 2.05) is 66.7 Å². The summed E-state index contributed by atoms with van der Waals surface area (Å²) in [5.41, 5.74) is 3.13. The predicted octanol–water partition coefficient (Wildman–Crippen LogP) is 7.45. The van der Waals surface area contributed by atoms with E-state index in [1.54, 1.807) is 0 Å². The van der Waals surface area contributed by atoms with E-state index in [2.05, 4.69) is 22.6 Å². The van der Waals surface area contributed by atoms with E-state index in [-0.39, 0.29) is 24.7 Å². The molecule has 2 heterocycles. The molecule has 5 rings (SSSR count). The van der Waals surface area contributed by atoms with Gasteiger partial charge in [0.05, 0.1) is 11.5 Å². The van der Waals surface area contributed by atoms with Crippen LogP contribution in [0.25, 0.3) is 0 Å². The van der Waals surface area contributed by atoms with Crippen molar-refractivity contribution in [3.8, 4) is 0 Å². The fraction of sp³-hybridized carbons (Fsp3) is 0.344.